The van der Waals surface area contributed by atoms with Gasteiger partial charge in [-0.25, -0.2) is 0 Å². The first kappa shape index (κ1) is 8.54. The van der Waals surface area contributed by atoms with Gasteiger partial charge in [-0.3, -0.25) is 0 Å². The van der Waals surface area contributed by atoms with Gasteiger partial charge in [-0.1, -0.05) is 22.9 Å². The van der Waals surface area contributed by atoms with E-state index in [4.69, 9.17) is 4.74 Å². The highest BCUT2D eigenvalue weighted by Crippen LogP contribution is 2.46. The second-order valence-electron chi connectivity index (χ2n) is 3.58. The molecule has 0 aromatic carbocycles. The van der Waals surface area contributed by atoms with Crippen LogP contribution in [0.4, 0.5) is 0 Å². The van der Waals surface area contributed by atoms with Crippen LogP contribution in [0.15, 0.2) is 0 Å². The number of ether oxygens (including phenoxy) is 1. The first-order valence-electron chi connectivity index (χ1n) is 3.77. The van der Waals surface area contributed by atoms with E-state index in [0.29, 0.717) is 5.41 Å². The van der Waals surface area contributed by atoms with Crippen LogP contribution in [-0.2, 0) is 4.74 Å². The Morgan fingerprint density at radius 2 is 2.20 bits per heavy atom. The largest absolute Gasteiger partial charge is 0.384 e. The summed E-state index contributed by atoms with van der Waals surface area (Å²) in [5, 5.41) is 1.10. The first-order chi connectivity index (χ1) is 4.72. The summed E-state index contributed by atoms with van der Waals surface area (Å²) in [7, 11) is 1.79. The van der Waals surface area contributed by atoms with Crippen LogP contribution >= 0.6 is 15.9 Å². The summed E-state index contributed by atoms with van der Waals surface area (Å²) in [6, 6.07) is 0. The Balaban J connectivity index is 2.32. The maximum Gasteiger partial charge on any atom is 0.0526 e. The van der Waals surface area contributed by atoms with Crippen LogP contribution in [0.5, 0.6) is 0 Å². The molecule has 1 aliphatic rings. The molecule has 0 aliphatic heterocycles. The average molecular weight is 207 g/mol. The fourth-order valence-electron chi connectivity index (χ4n) is 1.99. The summed E-state index contributed by atoms with van der Waals surface area (Å²) in [5.41, 5.74) is 0.480. The average Bonchev–Trinajstić information content (AvgIpc) is 1.84. The fraction of sp³-hybridized carbons (Fsp3) is 1.00. The highest BCUT2D eigenvalue weighted by molar-refractivity contribution is 9.09. The van der Waals surface area contributed by atoms with Crippen LogP contribution in [0.25, 0.3) is 0 Å². The van der Waals surface area contributed by atoms with E-state index < -0.39 is 0 Å². The van der Waals surface area contributed by atoms with Crippen molar-refractivity contribution in [2.75, 3.05) is 19.0 Å². The van der Waals surface area contributed by atoms with E-state index in [2.05, 4.69) is 22.9 Å². The monoisotopic (exact) mass is 206 g/mol. The Morgan fingerprint density at radius 1 is 1.60 bits per heavy atom. The lowest BCUT2D eigenvalue weighted by molar-refractivity contribution is 0.00283. The third-order valence-electron chi connectivity index (χ3n) is 2.30. The lowest BCUT2D eigenvalue weighted by Gasteiger charge is -2.45. The molecule has 10 heavy (non-hydrogen) atoms. The van der Waals surface area contributed by atoms with Crippen LogP contribution in [0.3, 0.4) is 0 Å². The molecule has 0 heterocycles. The van der Waals surface area contributed by atoms with Gasteiger partial charge in [0.25, 0.3) is 0 Å². The van der Waals surface area contributed by atoms with Crippen molar-refractivity contribution in [1.82, 2.24) is 0 Å². The molecule has 1 nitrogen and oxygen atoms in total. The van der Waals surface area contributed by atoms with Crippen molar-refractivity contribution in [1.29, 1.82) is 0 Å². The molecule has 2 heteroatoms. The lowest BCUT2D eigenvalue weighted by Crippen LogP contribution is -2.41. The van der Waals surface area contributed by atoms with Gasteiger partial charge in [-0.05, 0) is 18.8 Å². The molecule has 60 valence electrons. The Kier molecular flexibility index (Phi) is 2.75. The molecule has 0 atom stereocenters. The minimum absolute atomic E-state index is 0.480. The molecular weight excluding hydrogens is 192 g/mol. The molecule has 0 aromatic rings. The summed E-state index contributed by atoms with van der Waals surface area (Å²) in [5.74, 6) is 0.910. The molecular formula is C8H15BrO. The molecule has 1 rings (SSSR count). The van der Waals surface area contributed by atoms with Crippen LogP contribution in [-0.4, -0.2) is 19.0 Å². The molecule has 0 amide bonds. The Hall–Kier alpha value is 0.440. The molecule has 0 unspecified atom stereocenters. The number of hydrogen-bond acceptors (Lipinski definition) is 1. The maximum absolute atomic E-state index is 5.16. The van der Waals surface area contributed by atoms with Crippen molar-refractivity contribution < 1.29 is 4.74 Å². The molecule has 1 saturated carbocycles. The molecule has 0 spiro atoms. The summed E-state index contributed by atoms with van der Waals surface area (Å²) < 4.78 is 5.16. The van der Waals surface area contributed by atoms with E-state index in [-0.39, 0.29) is 0 Å². The van der Waals surface area contributed by atoms with E-state index in [1.54, 1.807) is 7.11 Å². The van der Waals surface area contributed by atoms with E-state index in [9.17, 15) is 0 Å². The van der Waals surface area contributed by atoms with Crippen molar-refractivity contribution in [3.05, 3.63) is 0 Å². The van der Waals surface area contributed by atoms with E-state index in [0.717, 1.165) is 17.9 Å². The molecule has 0 radical (unpaired) electrons. The van der Waals surface area contributed by atoms with Gasteiger partial charge >= 0.3 is 0 Å². The normalized spacial score (nSPS) is 39.3. The maximum atomic E-state index is 5.16. The molecule has 0 bridgehead atoms. The van der Waals surface area contributed by atoms with Crippen LogP contribution in [0, 0.1) is 11.3 Å². The molecule has 0 saturated heterocycles. The summed E-state index contributed by atoms with van der Waals surface area (Å²) in [4.78, 5) is 0. The third-order valence-corrected chi connectivity index (χ3v) is 3.49. The van der Waals surface area contributed by atoms with Gasteiger partial charge in [0.05, 0.1) is 6.61 Å². The molecule has 1 fully saturated rings. The standard InChI is InChI=1S/C8H15BrO/c1-7-3-8(4-7,5-9)6-10-2/h7H,3-6H2,1-2H3. The Morgan fingerprint density at radius 3 is 2.50 bits per heavy atom. The van der Waals surface area contributed by atoms with Crippen molar-refractivity contribution in [3.8, 4) is 0 Å². The van der Waals surface area contributed by atoms with Gasteiger partial charge in [0, 0.05) is 17.9 Å². The molecule has 0 aromatic heterocycles. The fourth-order valence-corrected chi connectivity index (χ4v) is 2.61. The van der Waals surface area contributed by atoms with Crippen molar-refractivity contribution >= 4 is 15.9 Å². The summed E-state index contributed by atoms with van der Waals surface area (Å²) in [6.07, 6.45) is 2.65. The van der Waals surface area contributed by atoms with Gasteiger partial charge < -0.3 is 4.74 Å². The summed E-state index contributed by atoms with van der Waals surface area (Å²) >= 11 is 3.53. The number of halogens is 1. The zero-order valence-corrected chi connectivity index (χ0v) is 8.28. The lowest BCUT2D eigenvalue weighted by atomic mass is 9.64. The Labute approximate surface area is 71.3 Å². The number of methoxy groups -OCH3 is 1. The minimum Gasteiger partial charge on any atom is -0.384 e. The van der Waals surface area contributed by atoms with Gasteiger partial charge in [0.1, 0.15) is 0 Å². The minimum atomic E-state index is 0.480. The zero-order chi connectivity index (χ0) is 7.61. The molecule has 0 N–H and O–H groups in total. The quantitative estimate of drug-likeness (QED) is 0.646. The highest BCUT2D eigenvalue weighted by atomic mass is 79.9. The SMILES string of the molecule is COCC1(CBr)CC(C)C1. The van der Waals surface area contributed by atoms with Crippen molar-refractivity contribution in [2.24, 2.45) is 11.3 Å². The van der Waals surface area contributed by atoms with Gasteiger partial charge in [0.2, 0.25) is 0 Å². The van der Waals surface area contributed by atoms with Crippen LogP contribution in [0.2, 0.25) is 0 Å². The van der Waals surface area contributed by atoms with Crippen LogP contribution in [0.1, 0.15) is 19.8 Å². The third kappa shape index (κ3) is 1.54. The predicted octanol–water partition coefficient (Wildman–Crippen LogP) is 2.44. The van der Waals surface area contributed by atoms with Crippen molar-refractivity contribution in [2.45, 2.75) is 19.8 Å². The number of rotatable bonds is 3. The predicted molar refractivity (Wildman–Crippen MR) is 46.5 cm³/mol. The zero-order valence-electron chi connectivity index (χ0n) is 6.69. The first-order valence-corrected chi connectivity index (χ1v) is 4.89. The highest BCUT2D eigenvalue weighted by Gasteiger charge is 2.40. The van der Waals surface area contributed by atoms with Crippen LogP contribution < -0.4 is 0 Å². The summed E-state index contributed by atoms with van der Waals surface area (Å²) in [6.45, 7) is 3.22. The number of hydrogen-bond donors (Lipinski definition) is 0. The second kappa shape index (κ2) is 3.22. The van der Waals surface area contributed by atoms with Gasteiger partial charge in [-0.2, -0.15) is 0 Å². The smallest absolute Gasteiger partial charge is 0.0526 e. The number of alkyl halides is 1. The van der Waals surface area contributed by atoms with Gasteiger partial charge in [0.15, 0.2) is 0 Å². The topological polar surface area (TPSA) is 9.23 Å². The Bertz CT molecular complexity index is 102. The van der Waals surface area contributed by atoms with E-state index >= 15 is 0 Å². The van der Waals surface area contributed by atoms with Gasteiger partial charge in [-0.15, -0.1) is 0 Å². The van der Waals surface area contributed by atoms with E-state index in [1.165, 1.54) is 12.8 Å². The van der Waals surface area contributed by atoms with E-state index in [1.807, 2.05) is 0 Å². The molecule has 1 aliphatic carbocycles. The second-order valence-corrected chi connectivity index (χ2v) is 4.14. The van der Waals surface area contributed by atoms with Crippen molar-refractivity contribution in [3.63, 3.8) is 0 Å².